The van der Waals surface area contributed by atoms with Gasteiger partial charge in [0.25, 0.3) is 0 Å². The number of aromatic nitrogens is 4. The lowest BCUT2D eigenvalue weighted by Crippen LogP contribution is -1.95. The van der Waals surface area contributed by atoms with Crippen LogP contribution in [0.15, 0.2) is 65.3 Å². The molecule has 0 saturated carbocycles. The van der Waals surface area contributed by atoms with Gasteiger partial charge in [-0.25, -0.2) is 4.98 Å². The molecule has 0 spiro atoms. The third-order valence-corrected chi connectivity index (χ3v) is 4.22. The Morgan fingerprint density at radius 3 is 2.68 bits per heavy atom. The van der Waals surface area contributed by atoms with E-state index in [0.29, 0.717) is 11.7 Å². The van der Waals surface area contributed by atoms with Gasteiger partial charge in [-0.1, -0.05) is 30.3 Å². The summed E-state index contributed by atoms with van der Waals surface area (Å²) in [5.41, 5.74) is 5.32. The van der Waals surface area contributed by atoms with E-state index in [0.717, 1.165) is 33.5 Å². The maximum Gasteiger partial charge on any atom is 0.231 e. The minimum atomic E-state index is 0.677. The van der Waals surface area contributed by atoms with Crippen molar-refractivity contribution in [1.29, 1.82) is 0 Å². The molecule has 0 unspecified atom stereocenters. The molecule has 3 heterocycles. The largest absolute Gasteiger partial charge is 0.444 e. The van der Waals surface area contributed by atoms with Crippen molar-refractivity contribution in [2.45, 2.75) is 6.92 Å². The molecule has 0 fully saturated rings. The monoisotopic (exact) mass is 329 g/mol. The van der Waals surface area contributed by atoms with Gasteiger partial charge >= 0.3 is 0 Å². The van der Waals surface area contributed by atoms with Crippen LogP contribution in [0.4, 0.5) is 11.6 Å². The number of benzene rings is 2. The first-order valence-electron chi connectivity index (χ1n) is 8.03. The normalized spacial score (nSPS) is 11.4. The molecule has 0 aliphatic rings. The SMILES string of the molecule is Cc1nn(-c2ccccc2)c2occ(Nc3nc4ccccc4[nH]3)c12. The van der Waals surface area contributed by atoms with Gasteiger partial charge in [0.1, 0.15) is 6.26 Å². The van der Waals surface area contributed by atoms with Crippen LogP contribution in [0.5, 0.6) is 0 Å². The minimum Gasteiger partial charge on any atom is -0.444 e. The van der Waals surface area contributed by atoms with Gasteiger partial charge in [0, 0.05) is 0 Å². The Morgan fingerprint density at radius 2 is 1.84 bits per heavy atom. The van der Waals surface area contributed by atoms with Crippen molar-refractivity contribution in [3.05, 3.63) is 66.6 Å². The molecule has 6 heteroatoms. The Balaban J connectivity index is 1.59. The second kappa shape index (κ2) is 5.24. The zero-order valence-corrected chi connectivity index (χ0v) is 13.5. The number of nitrogens with one attached hydrogen (secondary N) is 2. The average Bonchev–Trinajstić information content (AvgIpc) is 3.31. The summed E-state index contributed by atoms with van der Waals surface area (Å²) in [6.07, 6.45) is 1.70. The minimum absolute atomic E-state index is 0.677. The molecule has 0 saturated heterocycles. The summed E-state index contributed by atoms with van der Waals surface area (Å²) in [4.78, 5) is 7.82. The molecule has 5 aromatic rings. The number of fused-ring (bicyclic) bond motifs is 2. The Bertz CT molecular complexity index is 1150. The Hall–Kier alpha value is -3.54. The van der Waals surface area contributed by atoms with Crippen LogP contribution < -0.4 is 5.32 Å². The van der Waals surface area contributed by atoms with Gasteiger partial charge in [-0.15, -0.1) is 0 Å². The topological polar surface area (TPSA) is 71.7 Å². The molecule has 0 bridgehead atoms. The standard InChI is InChI=1S/C19H15N5O/c1-12-17-16(22-19-20-14-9-5-6-10-15(14)21-19)11-25-18(17)24(23-12)13-7-3-2-4-8-13/h2-11H,1H3,(H2,20,21,22). The number of H-pyrrole nitrogens is 1. The fourth-order valence-electron chi connectivity index (χ4n) is 3.07. The molecule has 0 amide bonds. The van der Waals surface area contributed by atoms with Crippen LogP contribution in [0.1, 0.15) is 5.69 Å². The maximum absolute atomic E-state index is 5.80. The smallest absolute Gasteiger partial charge is 0.231 e. The van der Waals surface area contributed by atoms with Crippen LogP contribution in [0.2, 0.25) is 0 Å². The van der Waals surface area contributed by atoms with Crippen molar-refractivity contribution < 1.29 is 4.42 Å². The number of rotatable bonds is 3. The van der Waals surface area contributed by atoms with Gasteiger partial charge in [0.2, 0.25) is 11.7 Å². The molecule has 6 nitrogen and oxygen atoms in total. The number of hydrogen-bond donors (Lipinski definition) is 2. The van der Waals surface area contributed by atoms with E-state index in [4.69, 9.17) is 4.42 Å². The summed E-state index contributed by atoms with van der Waals surface area (Å²) in [5, 5.41) is 8.87. The van der Waals surface area contributed by atoms with Crippen LogP contribution >= 0.6 is 0 Å². The molecular formula is C19H15N5O. The van der Waals surface area contributed by atoms with Gasteiger partial charge in [-0.3, -0.25) is 0 Å². The highest BCUT2D eigenvalue weighted by atomic mass is 16.3. The predicted octanol–water partition coefficient (Wildman–Crippen LogP) is 4.55. The molecule has 3 aromatic heterocycles. The van der Waals surface area contributed by atoms with Crippen LogP contribution in [-0.4, -0.2) is 19.7 Å². The van der Waals surface area contributed by atoms with Gasteiger partial charge in [-0.2, -0.15) is 9.78 Å². The molecule has 0 atom stereocenters. The fourth-order valence-corrected chi connectivity index (χ4v) is 3.07. The van der Waals surface area contributed by atoms with Crippen LogP contribution in [0.3, 0.4) is 0 Å². The molecule has 0 aliphatic carbocycles. The third-order valence-electron chi connectivity index (χ3n) is 4.22. The number of furan rings is 1. The second-order valence-electron chi connectivity index (χ2n) is 5.89. The van der Waals surface area contributed by atoms with Crippen molar-refractivity contribution in [3.8, 4) is 5.69 Å². The second-order valence-corrected chi connectivity index (χ2v) is 5.89. The van der Waals surface area contributed by atoms with Crippen LogP contribution in [-0.2, 0) is 0 Å². The van der Waals surface area contributed by atoms with Crippen molar-refractivity contribution in [3.63, 3.8) is 0 Å². The maximum atomic E-state index is 5.80. The molecule has 2 N–H and O–H groups in total. The van der Waals surface area contributed by atoms with E-state index in [1.165, 1.54) is 0 Å². The number of para-hydroxylation sites is 3. The number of nitrogens with zero attached hydrogens (tertiary/aromatic N) is 3. The van der Waals surface area contributed by atoms with Gasteiger partial charge in [0.05, 0.1) is 33.5 Å². The van der Waals surface area contributed by atoms with Crippen molar-refractivity contribution in [1.82, 2.24) is 19.7 Å². The van der Waals surface area contributed by atoms with E-state index in [1.54, 1.807) is 6.26 Å². The quantitative estimate of drug-likeness (QED) is 0.509. The zero-order valence-electron chi connectivity index (χ0n) is 13.5. The Morgan fingerprint density at radius 1 is 1.04 bits per heavy atom. The van der Waals surface area contributed by atoms with E-state index < -0.39 is 0 Å². The molecule has 0 aliphatic heterocycles. The highest BCUT2D eigenvalue weighted by molar-refractivity contribution is 5.93. The lowest BCUT2D eigenvalue weighted by molar-refractivity contribution is 0.584. The van der Waals surface area contributed by atoms with Gasteiger partial charge in [-0.05, 0) is 31.2 Å². The van der Waals surface area contributed by atoms with E-state index in [-0.39, 0.29) is 0 Å². The summed E-state index contributed by atoms with van der Waals surface area (Å²) in [5.74, 6) is 0.677. The number of aryl methyl sites for hydroxylation is 1. The van der Waals surface area contributed by atoms with Crippen molar-refractivity contribution in [2.75, 3.05) is 5.32 Å². The zero-order chi connectivity index (χ0) is 16.8. The van der Waals surface area contributed by atoms with E-state index >= 15 is 0 Å². The highest BCUT2D eigenvalue weighted by Gasteiger charge is 2.17. The van der Waals surface area contributed by atoms with Gasteiger partial charge < -0.3 is 14.7 Å². The van der Waals surface area contributed by atoms with Crippen LogP contribution in [0.25, 0.3) is 27.8 Å². The van der Waals surface area contributed by atoms with E-state index in [2.05, 4.69) is 20.4 Å². The number of hydrogen-bond acceptors (Lipinski definition) is 4. The molecule has 5 rings (SSSR count). The summed E-state index contributed by atoms with van der Waals surface area (Å²) >= 11 is 0. The van der Waals surface area contributed by atoms with E-state index in [1.807, 2.05) is 66.2 Å². The summed E-state index contributed by atoms with van der Waals surface area (Å²) in [6, 6.07) is 17.9. The molecule has 2 aromatic carbocycles. The third kappa shape index (κ3) is 2.19. The highest BCUT2D eigenvalue weighted by Crippen LogP contribution is 2.32. The molecule has 25 heavy (non-hydrogen) atoms. The van der Waals surface area contributed by atoms with E-state index in [9.17, 15) is 0 Å². The fraction of sp³-hybridized carbons (Fsp3) is 0.0526. The molecule has 122 valence electrons. The summed E-state index contributed by atoms with van der Waals surface area (Å²) < 4.78 is 7.61. The van der Waals surface area contributed by atoms with Crippen LogP contribution in [0, 0.1) is 6.92 Å². The average molecular weight is 329 g/mol. The first-order valence-corrected chi connectivity index (χ1v) is 8.03. The van der Waals surface area contributed by atoms with Crippen molar-refractivity contribution >= 4 is 33.8 Å². The first-order chi connectivity index (χ1) is 12.3. The number of aromatic amines is 1. The summed E-state index contributed by atoms with van der Waals surface area (Å²) in [6.45, 7) is 1.97. The Kier molecular flexibility index (Phi) is 2.90. The first kappa shape index (κ1) is 13.9. The number of imidazole rings is 1. The summed E-state index contributed by atoms with van der Waals surface area (Å²) in [7, 11) is 0. The van der Waals surface area contributed by atoms with Crippen molar-refractivity contribution in [2.24, 2.45) is 0 Å². The molecule has 0 radical (unpaired) electrons. The number of anilines is 2. The molecular weight excluding hydrogens is 314 g/mol. The lowest BCUT2D eigenvalue weighted by atomic mass is 10.3. The Labute approximate surface area is 143 Å². The lowest BCUT2D eigenvalue weighted by Gasteiger charge is -1.99. The van der Waals surface area contributed by atoms with Gasteiger partial charge in [0.15, 0.2) is 0 Å². The predicted molar refractivity (Wildman–Crippen MR) is 97.4 cm³/mol.